The minimum Gasteiger partial charge on any atom is -0.508 e. The molecule has 1 heterocycles. The fourth-order valence-corrected chi connectivity index (χ4v) is 4.13. The standard InChI is InChI=1S/C23H30N2O3/c1-17-7-4-5-8-18(17)13-22(27)25-12-11-23(28,20(16-25)15-24(2)3)19-9-6-10-21(26)14-19/h4-10,14,20,26,28H,11-13,15-16H2,1-3H3. The Morgan fingerprint density at radius 2 is 1.96 bits per heavy atom. The Labute approximate surface area is 167 Å². The summed E-state index contributed by atoms with van der Waals surface area (Å²) in [5.41, 5.74) is 1.81. The fourth-order valence-electron chi connectivity index (χ4n) is 4.13. The quantitative estimate of drug-likeness (QED) is 0.834. The molecule has 0 radical (unpaired) electrons. The monoisotopic (exact) mass is 382 g/mol. The number of amides is 1. The predicted octanol–water partition coefficient (Wildman–Crippen LogP) is 2.54. The zero-order valence-corrected chi connectivity index (χ0v) is 16.9. The summed E-state index contributed by atoms with van der Waals surface area (Å²) in [6, 6.07) is 14.8. The molecule has 5 nitrogen and oxygen atoms in total. The van der Waals surface area contributed by atoms with Crippen LogP contribution in [-0.4, -0.2) is 59.6 Å². The lowest BCUT2D eigenvalue weighted by Gasteiger charge is -2.46. The maximum Gasteiger partial charge on any atom is 0.227 e. The Balaban J connectivity index is 1.80. The van der Waals surface area contributed by atoms with E-state index in [0.717, 1.165) is 11.1 Å². The lowest BCUT2D eigenvalue weighted by Crippen LogP contribution is -2.54. The third-order valence-electron chi connectivity index (χ3n) is 5.77. The number of aromatic hydroxyl groups is 1. The maximum absolute atomic E-state index is 12.9. The van der Waals surface area contributed by atoms with Crippen LogP contribution in [0.5, 0.6) is 5.75 Å². The molecule has 2 atom stereocenters. The molecule has 1 aliphatic heterocycles. The van der Waals surface area contributed by atoms with Crippen LogP contribution in [0.1, 0.15) is 23.1 Å². The van der Waals surface area contributed by atoms with Gasteiger partial charge >= 0.3 is 0 Å². The van der Waals surface area contributed by atoms with Crippen molar-refractivity contribution in [2.24, 2.45) is 5.92 Å². The minimum absolute atomic E-state index is 0.0935. The number of piperidine rings is 1. The van der Waals surface area contributed by atoms with Gasteiger partial charge in [-0.1, -0.05) is 36.4 Å². The number of likely N-dealkylation sites (tertiary alicyclic amines) is 1. The number of hydrogen-bond donors (Lipinski definition) is 2. The summed E-state index contributed by atoms with van der Waals surface area (Å²) in [5.74, 6) is 0.0995. The zero-order valence-electron chi connectivity index (χ0n) is 16.9. The summed E-state index contributed by atoms with van der Waals surface area (Å²) >= 11 is 0. The maximum atomic E-state index is 12.9. The van der Waals surface area contributed by atoms with Gasteiger partial charge in [-0.15, -0.1) is 0 Å². The Kier molecular flexibility index (Phi) is 6.06. The second-order valence-electron chi connectivity index (χ2n) is 8.13. The average molecular weight is 383 g/mol. The van der Waals surface area contributed by atoms with Crippen LogP contribution in [0.25, 0.3) is 0 Å². The summed E-state index contributed by atoms with van der Waals surface area (Å²) < 4.78 is 0. The highest BCUT2D eigenvalue weighted by Crippen LogP contribution is 2.39. The molecular weight excluding hydrogens is 352 g/mol. The molecule has 1 fully saturated rings. The van der Waals surface area contributed by atoms with Crippen molar-refractivity contribution < 1.29 is 15.0 Å². The molecule has 5 heteroatoms. The van der Waals surface area contributed by atoms with E-state index in [4.69, 9.17) is 0 Å². The van der Waals surface area contributed by atoms with E-state index in [9.17, 15) is 15.0 Å². The first-order chi connectivity index (χ1) is 13.3. The average Bonchev–Trinajstić information content (AvgIpc) is 2.65. The summed E-state index contributed by atoms with van der Waals surface area (Å²) in [6.45, 7) is 3.67. The van der Waals surface area contributed by atoms with Crippen LogP contribution in [0.2, 0.25) is 0 Å². The Morgan fingerprint density at radius 3 is 2.64 bits per heavy atom. The molecular formula is C23H30N2O3. The van der Waals surface area contributed by atoms with Crippen LogP contribution >= 0.6 is 0 Å². The van der Waals surface area contributed by atoms with Crippen LogP contribution in [0.3, 0.4) is 0 Å². The molecule has 0 aliphatic carbocycles. The molecule has 2 unspecified atom stereocenters. The van der Waals surface area contributed by atoms with Crippen LogP contribution < -0.4 is 0 Å². The number of rotatable bonds is 5. The first kappa shape index (κ1) is 20.4. The molecule has 3 rings (SSSR count). The van der Waals surface area contributed by atoms with Gasteiger partial charge in [0, 0.05) is 25.6 Å². The molecule has 1 aliphatic rings. The van der Waals surface area contributed by atoms with Crippen LogP contribution in [0.4, 0.5) is 0 Å². The van der Waals surface area contributed by atoms with Crippen molar-refractivity contribution in [1.82, 2.24) is 9.80 Å². The normalized spacial score (nSPS) is 22.5. The van der Waals surface area contributed by atoms with Crippen molar-refractivity contribution >= 4 is 5.91 Å². The molecule has 0 bridgehead atoms. The number of phenols is 1. The van der Waals surface area contributed by atoms with Crippen molar-refractivity contribution in [3.63, 3.8) is 0 Å². The molecule has 28 heavy (non-hydrogen) atoms. The molecule has 2 aromatic carbocycles. The lowest BCUT2D eigenvalue weighted by molar-refractivity contribution is -0.141. The van der Waals surface area contributed by atoms with Gasteiger partial charge in [0.2, 0.25) is 5.91 Å². The first-order valence-corrected chi connectivity index (χ1v) is 9.78. The van der Waals surface area contributed by atoms with Gasteiger partial charge in [0.05, 0.1) is 12.0 Å². The smallest absolute Gasteiger partial charge is 0.227 e. The Morgan fingerprint density at radius 1 is 1.21 bits per heavy atom. The van der Waals surface area contributed by atoms with E-state index in [1.807, 2.05) is 61.2 Å². The number of carbonyl (C=O) groups is 1. The van der Waals surface area contributed by atoms with Gasteiger partial charge in [-0.05, 0) is 56.3 Å². The Bertz CT molecular complexity index is 836. The Hall–Kier alpha value is -2.37. The van der Waals surface area contributed by atoms with Gasteiger partial charge in [-0.25, -0.2) is 0 Å². The summed E-state index contributed by atoms with van der Waals surface area (Å²) in [4.78, 5) is 16.9. The second-order valence-corrected chi connectivity index (χ2v) is 8.13. The summed E-state index contributed by atoms with van der Waals surface area (Å²) in [7, 11) is 3.94. The minimum atomic E-state index is -1.07. The molecule has 150 valence electrons. The molecule has 1 amide bonds. The molecule has 0 aromatic heterocycles. The van der Waals surface area contributed by atoms with E-state index in [-0.39, 0.29) is 17.6 Å². The molecule has 2 aromatic rings. The number of phenolic OH excluding ortho intramolecular Hbond substituents is 1. The van der Waals surface area contributed by atoms with Gasteiger partial charge in [0.15, 0.2) is 0 Å². The predicted molar refractivity (Wildman–Crippen MR) is 110 cm³/mol. The van der Waals surface area contributed by atoms with Crippen LogP contribution in [0.15, 0.2) is 48.5 Å². The molecule has 1 saturated heterocycles. The molecule has 0 spiro atoms. The van der Waals surface area contributed by atoms with Crippen molar-refractivity contribution in [2.45, 2.75) is 25.4 Å². The van der Waals surface area contributed by atoms with Crippen LogP contribution in [0, 0.1) is 12.8 Å². The highest BCUT2D eigenvalue weighted by Gasteiger charge is 2.44. The van der Waals surface area contributed by atoms with Crippen molar-refractivity contribution in [3.05, 3.63) is 65.2 Å². The van der Waals surface area contributed by atoms with E-state index < -0.39 is 5.60 Å². The van der Waals surface area contributed by atoms with E-state index >= 15 is 0 Å². The van der Waals surface area contributed by atoms with E-state index in [1.54, 1.807) is 18.2 Å². The number of nitrogens with zero attached hydrogens (tertiary/aromatic N) is 2. The molecule has 0 saturated carbocycles. The van der Waals surface area contributed by atoms with Crippen molar-refractivity contribution in [2.75, 3.05) is 33.7 Å². The van der Waals surface area contributed by atoms with Crippen molar-refractivity contribution in [3.8, 4) is 5.75 Å². The van der Waals surface area contributed by atoms with Gasteiger partial charge in [0.25, 0.3) is 0 Å². The summed E-state index contributed by atoms with van der Waals surface area (Å²) in [6.07, 6.45) is 0.834. The topological polar surface area (TPSA) is 64.0 Å². The third-order valence-corrected chi connectivity index (χ3v) is 5.77. The molecule has 2 N–H and O–H groups in total. The van der Waals surface area contributed by atoms with Gasteiger partial charge in [-0.2, -0.15) is 0 Å². The number of aliphatic hydroxyl groups is 1. The number of benzene rings is 2. The van der Waals surface area contributed by atoms with Gasteiger partial charge < -0.3 is 20.0 Å². The number of aryl methyl sites for hydroxylation is 1. The lowest BCUT2D eigenvalue weighted by atomic mass is 9.75. The third kappa shape index (κ3) is 4.37. The largest absolute Gasteiger partial charge is 0.508 e. The van der Waals surface area contributed by atoms with Crippen molar-refractivity contribution in [1.29, 1.82) is 0 Å². The number of carbonyl (C=O) groups excluding carboxylic acids is 1. The SMILES string of the molecule is Cc1ccccc1CC(=O)N1CCC(O)(c2cccc(O)c2)C(CN(C)C)C1. The highest BCUT2D eigenvalue weighted by atomic mass is 16.3. The van der Waals surface area contributed by atoms with Gasteiger partial charge in [0.1, 0.15) is 5.75 Å². The van der Waals surface area contributed by atoms with E-state index in [0.29, 0.717) is 38.0 Å². The van der Waals surface area contributed by atoms with E-state index in [1.165, 1.54) is 0 Å². The van der Waals surface area contributed by atoms with E-state index in [2.05, 4.69) is 0 Å². The van der Waals surface area contributed by atoms with Gasteiger partial charge in [-0.3, -0.25) is 4.79 Å². The fraction of sp³-hybridized carbons (Fsp3) is 0.435. The zero-order chi connectivity index (χ0) is 20.3. The second kappa shape index (κ2) is 8.33. The highest BCUT2D eigenvalue weighted by molar-refractivity contribution is 5.79. The summed E-state index contributed by atoms with van der Waals surface area (Å²) in [5, 5.41) is 21.4. The van der Waals surface area contributed by atoms with Crippen LogP contribution in [-0.2, 0) is 16.8 Å². The number of hydrogen-bond acceptors (Lipinski definition) is 4. The first-order valence-electron chi connectivity index (χ1n) is 9.78.